The highest BCUT2D eigenvalue weighted by Crippen LogP contribution is 2.24. The lowest BCUT2D eigenvalue weighted by atomic mass is 10.2. The van der Waals surface area contributed by atoms with E-state index in [1.165, 1.54) is 6.21 Å². The highest BCUT2D eigenvalue weighted by Gasteiger charge is 2.22. The van der Waals surface area contributed by atoms with Crippen molar-refractivity contribution in [2.75, 3.05) is 0 Å². The van der Waals surface area contributed by atoms with Crippen molar-refractivity contribution < 1.29 is 22.4 Å². The predicted octanol–water partition coefficient (Wildman–Crippen LogP) is 3.51. The second kappa shape index (κ2) is 8.22. The van der Waals surface area contributed by atoms with Crippen LogP contribution in [0.1, 0.15) is 29.8 Å². The van der Waals surface area contributed by atoms with Crippen molar-refractivity contribution >= 4 is 34.7 Å². The molecule has 0 atom stereocenters. The fraction of sp³-hybridized carbons (Fsp3) is 0.214. The van der Waals surface area contributed by atoms with Gasteiger partial charge in [0.15, 0.2) is 0 Å². The Bertz CT molecular complexity index is 748. The molecule has 5 nitrogen and oxygen atoms in total. The van der Waals surface area contributed by atoms with Gasteiger partial charge in [0.1, 0.15) is 17.9 Å². The summed E-state index contributed by atoms with van der Waals surface area (Å²) in [5.41, 5.74) is 1.32. The van der Waals surface area contributed by atoms with Crippen molar-refractivity contribution in [1.29, 1.82) is 0 Å². The number of carbonyl (C=O) groups excluding carboxylic acids is 1. The van der Waals surface area contributed by atoms with Crippen LogP contribution in [0.3, 0.4) is 0 Å². The van der Waals surface area contributed by atoms with Gasteiger partial charge in [-0.25, -0.2) is 23.0 Å². The van der Waals surface area contributed by atoms with E-state index in [0.717, 1.165) is 9.13 Å². The van der Waals surface area contributed by atoms with Gasteiger partial charge < -0.3 is 0 Å². The van der Waals surface area contributed by atoms with Crippen molar-refractivity contribution in [3.8, 4) is 0 Å². The zero-order chi connectivity index (χ0) is 17.7. The highest BCUT2D eigenvalue weighted by atomic mass is 127. The molecule has 24 heavy (non-hydrogen) atoms. The summed E-state index contributed by atoms with van der Waals surface area (Å²) in [5, 5.41) is 7.01. The highest BCUT2D eigenvalue weighted by molar-refractivity contribution is 14.1. The Kier molecular flexibility index (Phi) is 6.29. The molecular formula is C14H11F4IN4O. The number of nitrogens with zero attached hydrogens (tertiary/aromatic N) is 3. The number of hydrogen-bond acceptors (Lipinski definition) is 3. The lowest BCUT2D eigenvalue weighted by molar-refractivity contribution is -0.121. The average Bonchev–Trinajstić information content (AvgIpc) is 2.91. The van der Waals surface area contributed by atoms with Gasteiger partial charge in [-0.3, -0.25) is 9.48 Å². The molecule has 128 valence electrons. The molecule has 0 radical (unpaired) electrons. The molecule has 0 spiro atoms. The molecule has 0 saturated carbocycles. The maximum Gasteiger partial charge on any atom is 0.282 e. The third kappa shape index (κ3) is 5.01. The SMILES string of the molecule is O=C(Cn1nc(C(F)F)cc1C(F)F)N/N=C/c1cccc(I)c1. The summed E-state index contributed by atoms with van der Waals surface area (Å²) < 4.78 is 52.2. The summed E-state index contributed by atoms with van der Waals surface area (Å²) in [4.78, 5) is 11.7. The first kappa shape index (κ1) is 18.4. The molecule has 0 saturated heterocycles. The van der Waals surface area contributed by atoms with E-state index in [4.69, 9.17) is 0 Å². The molecule has 0 aliphatic rings. The van der Waals surface area contributed by atoms with Crippen LogP contribution in [0.15, 0.2) is 35.4 Å². The average molecular weight is 454 g/mol. The topological polar surface area (TPSA) is 59.3 Å². The fourth-order valence-corrected chi connectivity index (χ4v) is 2.37. The van der Waals surface area contributed by atoms with Crippen LogP contribution in [-0.4, -0.2) is 21.9 Å². The standard InChI is InChI=1S/C14H11F4IN4O/c15-13(16)10-5-11(14(17)18)23(22-10)7-12(24)21-20-6-8-2-1-3-9(19)4-8/h1-6,13-14H,7H2,(H,21,24)/b20-6+. The van der Waals surface area contributed by atoms with E-state index >= 15 is 0 Å². The summed E-state index contributed by atoms with van der Waals surface area (Å²) in [6.45, 7) is -0.643. The lowest BCUT2D eigenvalue weighted by Crippen LogP contribution is -2.25. The van der Waals surface area contributed by atoms with Gasteiger partial charge in [0.05, 0.1) is 6.21 Å². The summed E-state index contributed by atoms with van der Waals surface area (Å²) in [7, 11) is 0. The van der Waals surface area contributed by atoms with Gasteiger partial charge in [0.2, 0.25) is 0 Å². The largest absolute Gasteiger partial charge is 0.282 e. The van der Waals surface area contributed by atoms with Crippen LogP contribution in [0.4, 0.5) is 17.6 Å². The second-order valence-corrected chi connectivity index (χ2v) is 5.85. The molecule has 1 heterocycles. The fourth-order valence-electron chi connectivity index (χ4n) is 1.80. The minimum atomic E-state index is -3.02. The first-order valence-corrected chi connectivity index (χ1v) is 7.66. The minimum Gasteiger partial charge on any atom is -0.271 e. The number of aromatic nitrogens is 2. The number of benzene rings is 1. The van der Waals surface area contributed by atoms with Gasteiger partial charge in [0.25, 0.3) is 18.8 Å². The van der Waals surface area contributed by atoms with E-state index in [9.17, 15) is 22.4 Å². The number of nitrogens with one attached hydrogen (secondary N) is 1. The van der Waals surface area contributed by atoms with Gasteiger partial charge in [-0.1, -0.05) is 12.1 Å². The molecule has 1 aromatic heterocycles. The molecule has 0 aliphatic heterocycles. The van der Waals surface area contributed by atoms with Gasteiger partial charge in [0, 0.05) is 3.57 Å². The van der Waals surface area contributed by atoms with Gasteiger partial charge >= 0.3 is 0 Å². The van der Waals surface area contributed by atoms with E-state index < -0.39 is 36.7 Å². The summed E-state index contributed by atoms with van der Waals surface area (Å²) >= 11 is 2.11. The van der Waals surface area contributed by atoms with Crippen LogP contribution in [0.5, 0.6) is 0 Å². The van der Waals surface area contributed by atoms with Gasteiger partial charge in [-0.05, 0) is 46.4 Å². The number of halogens is 5. The number of amides is 1. The Morgan fingerprint density at radius 2 is 2.04 bits per heavy atom. The first-order valence-electron chi connectivity index (χ1n) is 6.58. The minimum absolute atomic E-state index is 0.544. The molecule has 2 rings (SSSR count). The van der Waals surface area contributed by atoms with E-state index in [-0.39, 0.29) is 0 Å². The zero-order valence-corrected chi connectivity index (χ0v) is 14.1. The van der Waals surface area contributed by atoms with Crippen molar-refractivity contribution in [3.63, 3.8) is 0 Å². The number of alkyl halides is 4. The van der Waals surface area contributed by atoms with E-state index in [1.54, 1.807) is 12.1 Å². The van der Waals surface area contributed by atoms with Crippen LogP contribution in [0, 0.1) is 3.57 Å². The Labute approximate surface area is 147 Å². The molecule has 0 fully saturated rings. The molecule has 1 N–H and O–H groups in total. The smallest absolute Gasteiger partial charge is 0.271 e. The van der Waals surface area contributed by atoms with Gasteiger partial charge in [-0.2, -0.15) is 10.2 Å². The van der Waals surface area contributed by atoms with Crippen LogP contribution < -0.4 is 5.43 Å². The van der Waals surface area contributed by atoms with E-state index in [1.807, 2.05) is 12.1 Å². The monoisotopic (exact) mass is 454 g/mol. The third-order valence-electron chi connectivity index (χ3n) is 2.82. The molecule has 0 unspecified atom stereocenters. The molecule has 0 bridgehead atoms. The first-order chi connectivity index (χ1) is 11.4. The summed E-state index contributed by atoms with van der Waals surface area (Å²) in [6, 6.07) is 7.83. The maximum absolute atomic E-state index is 12.8. The Morgan fingerprint density at radius 3 is 2.67 bits per heavy atom. The predicted molar refractivity (Wildman–Crippen MR) is 87.0 cm³/mol. The van der Waals surface area contributed by atoms with Crippen LogP contribution in [0.2, 0.25) is 0 Å². The van der Waals surface area contributed by atoms with Gasteiger partial charge in [-0.15, -0.1) is 0 Å². The molecule has 1 aromatic carbocycles. The van der Waals surface area contributed by atoms with E-state index in [2.05, 4.69) is 38.2 Å². The molecular weight excluding hydrogens is 443 g/mol. The van der Waals surface area contributed by atoms with Crippen LogP contribution >= 0.6 is 22.6 Å². The number of hydrogen-bond donors (Lipinski definition) is 1. The van der Waals surface area contributed by atoms with Crippen molar-refractivity contribution in [2.45, 2.75) is 19.4 Å². The Balaban J connectivity index is 2.02. The molecule has 10 heteroatoms. The van der Waals surface area contributed by atoms with Crippen molar-refractivity contribution in [3.05, 3.63) is 50.9 Å². The molecule has 1 amide bonds. The number of carbonyl (C=O) groups is 1. The maximum atomic E-state index is 12.8. The normalized spacial score (nSPS) is 11.6. The van der Waals surface area contributed by atoms with E-state index in [0.29, 0.717) is 10.7 Å². The van der Waals surface area contributed by atoms with Crippen LogP contribution in [0.25, 0.3) is 0 Å². The summed E-state index contributed by atoms with van der Waals surface area (Å²) in [5.74, 6) is -0.761. The van der Waals surface area contributed by atoms with Crippen LogP contribution in [-0.2, 0) is 11.3 Å². The second-order valence-electron chi connectivity index (χ2n) is 4.60. The van der Waals surface area contributed by atoms with Crippen molar-refractivity contribution in [2.24, 2.45) is 5.10 Å². The quantitative estimate of drug-likeness (QED) is 0.315. The Hall–Kier alpha value is -1.98. The lowest BCUT2D eigenvalue weighted by Gasteiger charge is -2.05. The molecule has 2 aromatic rings. The third-order valence-corrected chi connectivity index (χ3v) is 3.49. The number of rotatable bonds is 6. The Morgan fingerprint density at radius 1 is 1.29 bits per heavy atom. The summed E-state index contributed by atoms with van der Waals surface area (Å²) in [6.07, 6.45) is -4.64. The number of hydrazone groups is 1. The molecule has 0 aliphatic carbocycles. The zero-order valence-electron chi connectivity index (χ0n) is 12.0. The van der Waals surface area contributed by atoms with Crippen molar-refractivity contribution in [1.82, 2.24) is 15.2 Å².